The summed E-state index contributed by atoms with van der Waals surface area (Å²) in [6, 6.07) is 10.8. The van der Waals surface area contributed by atoms with Crippen LogP contribution in [-0.4, -0.2) is 0 Å². The Kier molecular flexibility index (Phi) is 3.43. The molecule has 1 aliphatic carbocycles. The summed E-state index contributed by atoms with van der Waals surface area (Å²) in [5, 5.41) is 0. The molecule has 0 N–H and O–H groups in total. The van der Waals surface area contributed by atoms with Gasteiger partial charge in [-0.15, -0.1) is 11.6 Å². The predicted octanol–water partition coefficient (Wildman–Crippen LogP) is 4.85. The Morgan fingerprint density at radius 1 is 1.05 bits per heavy atom. The van der Waals surface area contributed by atoms with Crippen molar-refractivity contribution in [1.29, 1.82) is 0 Å². The fourth-order valence-electron chi connectivity index (χ4n) is 2.45. The van der Waals surface area contributed by atoms with E-state index in [9.17, 15) is 4.39 Å². The van der Waals surface area contributed by atoms with E-state index in [1.807, 2.05) is 12.1 Å². The Morgan fingerprint density at radius 3 is 2.68 bits per heavy atom. The van der Waals surface area contributed by atoms with E-state index in [0.29, 0.717) is 11.6 Å². The van der Waals surface area contributed by atoms with Gasteiger partial charge in [0, 0.05) is 5.88 Å². The van der Waals surface area contributed by atoms with Crippen molar-refractivity contribution in [3.05, 3.63) is 58.9 Å². The summed E-state index contributed by atoms with van der Waals surface area (Å²) in [7, 11) is 0. The van der Waals surface area contributed by atoms with Gasteiger partial charge >= 0.3 is 0 Å². The second kappa shape index (κ2) is 5.22. The minimum atomic E-state index is -0.376. The van der Waals surface area contributed by atoms with E-state index < -0.39 is 0 Å². The molecule has 19 heavy (non-hydrogen) atoms. The fraction of sp³-hybridized carbons (Fsp3) is 0.250. The van der Waals surface area contributed by atoms with Crippen LogP contribution in [-0.2, 0) is 18.7 Å². The van der Waals surface area contributed by atoms with Gasteiger partial charge in [0.05, 0.1) is 0 Å². The standard InChI is InChI=1S/C16H14ClFO/c17-10-11-4-7-16(15(18)8-11)19-14-6-5-12-2-1-3-13(12)9-14/h4-9H,1-3,10H2. The lowest BCUT2D eigenvalue weighted by atomic mass is 10.1. The zero-order chi connectivity index (χ0) is 13.2. The Hall–Kier alpha value is -1.54. The second-order valence-electron chi connectivity index (χ2n) is 4.78. The van der Waals surface area contributed by atoms with E-state index in [4.69, 9.17) is 16.3 Å². The first kappa shape index (κ1) is 12.5. The fourth-order valence-corrected chi connectivity index (χ4v) is 2.62. The van der Waals surface area contributed by atoms with Crippen LogP contribution in [0.15, 0.2) is 36.4 Å². The van der Waals surface area contributed by atoms with Crippen molar-refractivity contribution < 1.29 is 9.13 Å². The summed E-state index contributed by atoms with van der Waals surface area (Å²) in [5.74, 6) is 0.861. The first-order valence-electron chi connectivity index (χ1n) is 6.40. The maximum Gasteiger partial charge on any atom is 0.166 e. The third-order valence-electron chi connectivity index (χ3n) is 3.45. The van der Waals surface area contributed by atoms with Crippen LogP contribution in [0.4, 0.5) is 4.39 Å². The molecule has 1 aliphatic rings. The van der Waals surface area contributed by atoms with Gasteiger partial charge in [0.2, 0.25) is 0 Å². The van der Waals surface area contributed by atoms with Crippen LogP contribution in [0, 0.1) is 5.82 Å². The molecule has 0 fully saturated rings. The van der Waals surface area contributed by atoms with Gasteiger partial charge in [-0.2, -0.15) is 0 Å². The Bertz CT molecular complexity index is 610. The molecule has 0 saturated carbocycles. The van der Waals surface area contributed by atoms with Gasteiger partial charge < -0.3 is 4.74 Å². The second-order valence-corrected chi connectivity index (χ2v) is 5.05. The van der Waals surface area contributed by atoms with Crippen LogP contribution in [0.3, 0.4) is 0 Å². The molecule has 2 aromatic carbocycles. The van der Waals surface area contributed by atoms with Crippen molar-refractivity contribution in [2.24, 2.45) is 0 Å². The van der Waals surface area contributed by atoms with Gasteiger partial charge in [-0.25, -0.2) is 4.39 Å². The predicted molar refractivity (Wildman–Crippen MR) is 74.5 cm³/mol. The molecule has 0 bridgehead atoms. The molecule has 0 atom stereocenters. The summed E-state index contributed by atoms with van der Waals surface area (Å²) in [4.78, 5) is 0. The first-order chi connectivity index (χ1) is 9.26. The third-order valence-corrected chi connectivity index (χ3v) is 3.76. The van der Waals surface area contributed by atoms with Crippen LogP contribution in [0.25, 0.3) is 0 Å². The van der Waals surface area contributed by atoms with Crippen molar-refractivity contribution in [2.75, 3.05) is 0 Å². The number of rotatable bonds is 3. The average Bonchev–Trinajstić information content (AvgIpc) is 2.88. The van der Waals surface area contributed by atoms with E-state index in [2.05, 4.69) is 6.07 Å². The molecule has 0 aromatic heterocycles. The van der Waals surface area contributed by atoms with Crippen molar-refractivity contribution in [3.8, 4) is 11.5 Å². The molecule has 0 heterocycles. The van der Waals surface area contributed by atoms with Crippen LogP contribution in [0.5, 0.6) is 11.5 Å². The van der Waals surface area contributed by atoms with Crippen molar-refractivity contribution in [3.63, 3.8) is 0 Å². The highest BCUT2D eigenvalue weighted by Crippen LogP contribution is 2.30. The molecule has 2 aromatic rings. The number of ether oxygens (including phenoxy) is 1. The van der Waals surface area contributed by atoms with Crippen molar-refractivity contribution in [2.45, 2.75) is 25.1 Å². The SMILES string of the molecule is Fc1cc(CCl)ccc1Oc1ccc2c(c1)CCC2. The number of alkyl halides is 1. The average molecular weight is 277 g/mol. The smallest absolute Gasteiger partial charge is 0.166 e. The molecule has 3 heteroatoms. The lowest BCUT2D eigenvalue weighted by Crippen LogP contribution is -1.91. The number of hydrogen-bond donors (Lipinski definition) is 0. The van der Waals surface area contributed by atoms with Gasteiger partial charge in [-0.05, 0) is 60.2 Å². The highest BCUT2D eigenvalue weighted by Gasteiger charge is 2.12. The summed E-state index contributed by atoms with van der Waals surface area (Å²) in [5.41, 5.74) is 3.45. The third kappa shape index (κ3) is 2.59. The lowest BCUT2D eigenvalue weighted by Gasteiger charge is -2.09. The Labute approximate surface area is 117 Å². The Morgan fingerprint density at radius 2 is 1.89 bits per heavy atom. The summed E-state index contributed by atoms with van der Waals surface area (Å²) in [6.07, 6.45) is 3.41. The van der Waals surface area contributed by atoms with Crippen LogP contribution < -0.4 is 4.74 Å². The number of halogens is 2. The molecule has 0 unspecified atom stereocenters. The van der Waals surface area contributed by atoms with Crippen molar-refractivity contribution >= 4 is 11.6 Å². The number of fused-ring (bicyclic) bond motifs is 1. The van der Waals surface area contributed by atoms with E-state index in [0.717, 1.165) is 18.4 Å². The number of aryl methyl sites for hydroxylation is 2. The van der Waals surface area contributed by atoms with Crippen LogP contribution >= 0.6 is 11.6 Å². The zero-order valence-electron chi connectivity index (χ0n) is 10.5. The molecular formula is C16H14ClFO. The maximum atomic E-state index is 13.8. The monoisotopic (exact) mass is 276 g/mol. The highest BCUT2D eigenvalue weighted by molar-refractivity contribution is 6.17. The lowest BCUT2D eigenvalue weighted by molar-refractivity contribution is 0.441. The summed E-state index contributed by atoms with van der Waals surface area (Å²) in [6.45, 7) is 0. The summed E-state index contributed by atoms with van der Waals surface area (Å²) < 4.78 is 19.4. The maximum absolute atomic E-state index is 13.8. The molecule has 0 radical (unpaired) electrons. The van der Waals surface area contributed by atoms with E-state index in [1.165, 1.54) is 23.6 Å². The molecule has 0 amide bonds. The highest BCUT2D eigenvalue weighted by atomic mass is 35.5. The molecular weight excluding hydrogens is 263 g/mol. The van der Waals surface area contributed by atoms with Gasteiger partial charge in [-0.1, -0.05) is 12.1 Å². The van der Waals surface area contributed by atoms with E-state index in [1.54, 1.807) is 12.1 Å². The topological polar surface area (TPSA) is 9.23 Å². The molecule has 3 rings (SSSR count). The van der Waals surface area contributed by atoms with Crippen LogP contribution in [0.2, 0.25) is 0 Å². The van der Waals surface area contributed by atoms with E-state index in [-0.39, 0.29) is 11.6 Å². The zero-order valence-corrected chi connectivity index (χ0v) is 11.2. The van der Waals surface area contributed by atoms with Gasteiger partial charge in [0.1, 0.15) is 5.75 Å². The molecule has 0 aliphatic heterocycles. The largest absolute Gasteiger partial charge is 0.454 e. The normalized spacial score (nSPS) is 13.4. The van der Waals surface area contributed by atoms with E-state index >= 15 is 0 Å². The van der Waals surface area contributed by atoms with Crippen molar-refractivity contribution in [1.82, 2.24) is 0 Å². The quantitative estimate of drug-likeness (QED) is 0.729. The minimum absolute atomic E-state index is 0.242. The van der Waals surface area contributed by atoms with Crippen LogP contribution in [0.1, 0.15) is 23.1 Å². The number of hydrogen-bond acceptors (Lipinski definition) is 1. The Balaban J connectivity index is 1.85. The molecule has 0 spiro atoms. The van der Waals surface area contributed by atoms with Gasteiger partial charge in [-0.3, -0.25) is 0 Å². The molecule has 98 valence electrons. The van der Waals surface area contributed by atoms with Gasteiger partial charge in [0.25, 0.3) is 0 Å². The molecule has 0 saturated heterocycles. The number of benzene rings is 2. The van der Waals surface area contributed by atoms with Gasteiger partial charge in [0.15, 0.2) is 11.6 Å². The minimum Gasteiger partial charge on any atom is -0.454 e. The molecule has 1 nitrogen and oxygen atoms in total. The first-order valence-corrected chi connectivity index (χ1v) is 6.94. The summed E-state index contributed by atoms with van der Waals surface area (Å²) >= 11 is 5.67.